The first-order valence-electron chi connectivity index (χ1n) is 6.50. The van der Waals surface area contributed by atoms with Crippen molar-refractivity contribution in [1.82, 2.24) is 0 Å². The molecule has 7 nitrogen and oxygen atoms in total. The van der Waals surface area contributed by atoms with E-state index >= 15 is 0 Å². The molecule has 0 spiro atoms. The molecule has 0 aliphatic rings. The van der Waals surface area contributed by atoms with Gasteiger partial charge in [0.2, 0.25) is 0 Å². The zero-order chi connectivity index (χ0) is 16.8. The number of hydrogen-bond donors (Lipinski definition) is 0. The van der Waals surface area contributed by atoms with Gasteiger partial charge < -0.3 is 9.59 Å². The zero-order valence-electron chi connectivity index (χ0n) is 11.7. The Balaban J connectivity index is 2.45. The highest BCUT2D eigenvalue weighted by molar-refractivity contribution is 6.10. The monoisotopic (exact) mass is 310 g/mol. The van der Waals surface area contributed by atoms with Crippen molar-refractivity contribution in [1.29, 1.82) is 0 Å². The first-order valence-corrected chi connectivity index (χ1v) is 6.50. The summed E-state index contributed by atoms with van der Waals surface area (Å²) in [5, 5.41) is 5.52. The third kappa shape index (κ3) is 3.29. The maximum Gasteiger partial charge on any atom is 0.193 e. The summed E-state index contributed by atoms with van der Waals surface area (Å²) in [6, 6.07) is 9.68. The van der Waals surface area contributed by atoms with Crippen LogP contribution >= 0.6 is 0 Å². The number of carbonyl (C=O) groups excluding carboxylic acids is 3. The van der Waals surface area contributed by atoms with Crippen LogP contribution in [0.4, 0.5) is 11.4 Å². The number of nitroso groups, excluding NO2 is 2. The van der Waals surface area contributed by atoms with Crippen LogP contribution < -0.4 is 0 Å². The number of hydrogen-bond acceptors (Lipinski definition) is 7. The van der Waals surface area contributed by atoms with E-state index in [0.717, 1.165) is 0 Å². The molecule has 0 bridgehead atoms. The summed E-state index contributed by atoms with van der Waals surface area (Å²) in [5.74, 6) is -1.56. The lowest BCUT2D eigenvalue weighted by molar-refractivity contribution is -0.116. The Hall–Kier alpha value is -3.35. The molecule has 0 unspecified atom stereocenters. The van der Waals surface area contributed by atoms with Crippen molar-refractivity contribution in [2.45, 2.75) is 5.92 Å². The minimum absolute atomic E-state index is 0.100. The Morgan fingerprint density at radius 1 is 0.913 bits per heavy atom. The van der Waals surface area contributed by atoms with Crippen molar-refractivity contribution in [3.8, 4) is 0 Å². The molecule has 0 saturated carbocycles. The number of rotatable bonds is 7. The smallest absolute Gasteiger partial charge is 0.193 e. The van der Waals surface area contributed by atoms with Crippen LogP contribution in [0.5, 0.6) is 0 Å². The molecular weight excluding hydrogens is 300 g/mol. The third-order valence-corrected chi connectivity index (χ3v) is 3.26. The van der Waals surface area contributed by atoms with Crippen LogP contribution in [0.25, 0.3) is 0 Å². The number of carbonyl (C=O) groups is 3. The lowest BCUT2D eigenvalue weighted by Gasteiger charge is -2.08. The molecule has 0 fully saturated rings. The van der Waals surface area contributed by atoms with Crippen LogP contribution in [-0.2, 0) is 9.59 Å². The first-order chi connectivity index (χ1) is 11.1. The average Bonchev–Trinajstić information content (AvgIpc) is 2.62. The van der Waals surface area contributed by atoms with Crippen LogP contribution in [0.15, 0.2) is 52.8 Å². The Kier molecular flexibility index (Phi) is 4.93. The van der Waals surface area contributed by atoms with Crippen LogP contribution in [-0.4, -0.2) is 18.4 Å². The first kappa shape index (κ1) is 16.0. The molecule has 23 heavy (non-hydrogen) atoms. The summed E-state index contributed by atoms with van der Waals surface area (Å²) in [4.78, 5) is 55.5. The largest absolute Gasteiger partial charge is 0.302 e. The lowest BCUT2D eigenvalue weighted by atomic mass is 9.95. The molecule has 2 aromatic rings. The fraction of sp³-hybridized carbons (Fsp3) is 0.0625. The van der Waals surface area contributed by atoms with E-state index in [4.69, 9.17) is 0 Å². The molecule has 0 aliphatic carbocycles. The van der Waals surface area contributed by atoms with Crippen molar-refractivity contribution < 1.29 is 14.4 Å². The molecule has 0 aliphatic heterocycles. The summed E-state index contributed by atoms with van der Waals surface area (Å²) in [6.07, 6.45) is 0.773. The normalized spacial score (nSPS) is 10.1. The van der Waals surface area contributed by atoms with E-state index in [1.165, 1.54) is 42.5 Å². The summed E-state index contributed by atoms with van der Waals surface area (Å²) in [7, 11) is 0. The standard InChI is InChI=1S/C16H10N2O5/c19-8-12(9-20)14-5-4-11(7-15(14)18-23)16(21)10-2-1-3-13(6-10)17-22/h1-9,12H. The van der Waals surface area contributed by atoms with Crippen LogP contribution in [0.3, 0.4) is 0 Å². The van der Waals surface area contributed by atoms with Crippen LogP contribution in [0.1, 0.15) is 27.4 Å². The van der Waals surface area contributed by atoms with Gasteiger partial charge in [0.05, 0.1) is 5.92 Å². The molecule has 114 valence electrons. The van der Waals surface area contributed by atoms with Crippen molar-refractivity contribution in [2.75, 3.05) is 0 Å². The number of ketones is 1. The average molecular weight is 310 g/mol. The molecule has 0 N–H and O–H groups in total. The van der Waals surface area contributed by atoms with Gasteiger partial charge in [-0.3, -0.25) is 4.79 Å². The van der Waals surface area contributed by atoms with Gasteiger partial charge in [0.1, 0.15) is 23.9 Å². The quantitative estimate of drug-likeness (QED) is 0.337. The highest BCUT2D eigenvalue weighted by atomic mass is 16.3. The van der Waals surface area contributed by atoms with Crippen molar-refractivity contribution >= 4 is 29.7 Å². The Morgan fingerprint density at radius 2 is 1.61 bits per heavy atom. The minimum atomic E-state index is -1.12. The Labute approximate surface area is 130 Å². The topological polar surface area (TPSA) is 110 Å². The maximum atomic E-state index is 12.4. The van der Waals surface area contributed by atoms with Gasteiger partial charge in [0.25, 0.3) is 0 Å². The van der Waals surface area contributed by atoms with Crippen molar-refractivity contribution in [3.63, 3.8) is 0 Å². The van der Waals surface area contributed by atoms with E-state index in [2.05, 4.69) is 10.4 Å². The molecule has 0 saturated heterocycles. The zero-order valence-corrected chi connectivity index (χ0v) is 11.7. The van der Waals surface area contributed by atoms with Gasteiger partial charge in [0.15, 0.2) is 5.78 Å². The number of benzene rings is 2. The Morgan fingerprint density at radius 3 is 2.22 bits per heavy atom. The van der Waals surface area contributed by atoms with E-state index < -0.39 is 11.7 Å². The van der Waals surface area contributed by atoms with E-state index in [-0.39, 0.29) is 28.1 Å². The van der Waals surface area contributed by atoms with Crippen LogP contribution in [0, 0.1) is 9.81 Å². The van der Waals surface area contributed by atoms with E-state index in [1.807, 2.05) is 0 Å². The molecule has 0 atom stereocenters. The predicted octanol–water partition coefficient (Wildman–Crippen LogP) is 3.19. The highest BCUT2D eigenvalue weighted by Crippen LogP contribution is 2.28. The van der Waals surface area contributed by atoms with Gasteiger partial charge in [0, 0.05) is 11.1 Å². The number of nitrogens with zero attached hydrogens (tertiary/aromatic N) is 2. The van der Waals surface area contributed by atoms with Crippen molar-refractivity contribution in [2.24, 2.45) is 10.4 Å². The van der Waals surface area contributed by atoms with Gasteiger partial charge in [-0.05, 0) is 34.1 Å². The highest BCUT2D eigenvalue weighted by Gasteiger charge is 2.18. The number of aldehydes is 2. The molecule has 7 heteroatoms. The molecule has 0 amide bonds. The molecule has 0 heterocycles. The van der Waals surface area contributed by atoms with Crippen molar-refractivity contribution in [3.05, 3.63) is 69.0 Å². The molecule has 0 aromatic heterocycles. The molecule has 0 radical (unpaired) electrons. The fourth-order valence-corrected chi connectivity index (χ4v) is 2.10. The second-order valence-electron chi connectivity index (χ2n) is 4.63. The second kappa shape index (κ2) is 7.08. The van der Waals surface area contributed by atoms with Crippen LogP contribution in [0.2, 0.25) is 0 Å². The summed E-state index contributed by atoms with van der Waals surface area (Å²) < 4.78 is 0. The summed E-state index contributed by atoms with van der Waals surface area (Å²) >= 11 is 0. The lowest BCUT2D eigenvalue weighted by Crippen LogP contribution is -2.05. The van der Waals surface area contributed by atoms with Gasteiger partial charge in [-0.2, -0.15) is 0 Å². The van der Waals surface area contributed by atoms with E-state index in [9.17, 15) is 24.2 Å². The van der Waals surface area contributed by atoms with E-state index in [0.29, 0.717) is 12.6 Å². The predicted molar refractivity (Wildman–Crippen MR) is 82.1 cm³/mol. The third-order valence-electron chi connectivity index (χ3n) is 3.26. The Bertz CT molecular complexity index is 793. The SMILES string of the molecule is O=CC(C=O)c1ccc(C(=O)c2cccc(N=O)c2)cc1N=O. The molecule has 2 rings (SSSR count). The molecular formula is C16H10N2O5. The summed E-state index contributed by atoms with van der Waals surface area (Å²) in [5.41, 5.74) is 0.425. The summed E-state index contributed by atoms with van der Waals surface area (Å²) in [6.45, 7) is 0. The van der Waals surface area contributed by atoms with Gasteiger partial charge in [-0.1, -0.05) is 24.3 Å². The maximum absolute atomic E-state index is 12.4. The van der Waals surface area contributed by atoms with Gasteiger partial charge in [-0.15, -0.1) is 9.81 Å². The second-order valence-corrected chi connectivity index (χ2v) is 4.63. The molecule has 2 aromatic carbocycles. The van der Waals surface area contributed by atoms with E-state index in [1.54, 1.807) is 0 Å². The minimum Gasteiger partial charge on any atom is -0.302 e. The van der Waals surface area contributed by atoms with Gasteiger partial charge in [-0.25, -0.2) is 0 Å². The van der Waals surface area contributed by atoms with Gasteiger partial charge >= 0.3 is 0 Å². The fourth-order valence-electron chi connectivity index (χ4n) is 2.10.